The number of carbonyl (C=O) groups is 2. The highest BCUT2D eigenvalue weighted by Crippen LogP contribution is 2.33. The average molecular weight is 453 g/mol. The van der Waals surface area contributed by atoms with E-state index in [0.29, 0.717) is 40.2 Å². The number of methoxy groups -OCH3 is 1. The van der Waals surface area contributed by atoms with Crippen molar-refractivity contribution in [3.8, 4) is 22.9 Å². The highest BCUT2D eigenvalue weighted by molar-refractivity contribution is 5.99. The third-order valence-electron chi connectivity index (χ3n) is 5.17. The van der Waals surface area contributed by atoms with E-state index in [-0.39, 0.29) is 35.0 Å². The van der Waals surface area contributed by atoms with Crippen LogP contribution in [-0.2, 0) is 11.3 Å². The zero-order valence-corrected chi connectivity index (χ0v) is 19.7. The molecular weight excluding hydrogens is 424 g/mol. The Bertz CT molecular complexity index is 1190. The van der Waals surface area contributed by atoms with Gasteiger partial charge in [-0.2, -0.15) is 4.98 Å². The molecule has 0 aliphatic rings. The van der Waals surface area contributed by atoms with Gasteiger partial charge in [0.2, 0.25) is 5.82 Å². The molecule has 8 heteroatoms. The van der Waals surface area contributed by atoms with Crippen LogP contribution in [0.4, 0.5) is 0 Å². The van der Waals surface area contributed by atoms with E-state index in [2.05, 4.69) is 10.1 Å². The predicted molar refractivity (Wildman–Crippen MR) is 121 cm³/mol. The number of carbonyl (C=O) groups excluding carboxylic acids is 2. The summed E-state index contributed by atoms with van der Waals surface area (Å²) in [5.74, 6) is 0.285. The number of ether oxygens (including phenoxy) is 2. The van der Waals surface area contributed by atoms with E-state index in [1.807, 2.05) is 20.8 Å². The first-order valence-corrected chi connectivity index (χ1v) is 10.5. The number of phenolic OH excluding ortho intramolecular Hbond substituents is 1. The minimum absolute atomic E-state index is 0.0295. The Balaban J connectivity index is 1.76. The van der Waals surface area contributed by atoms with Gasteiger partial charge in [0.1, 0.15) is 11.5 Å². The molecule has 0 saturated heterocycles. The smallest absolute Gasteiger partial charge is 0.338 e. The normalized spacial score (nSPS) is 11.3. The van der Waals surface area contributed by atoms with E-state index in [9.17, 15) is 14.7 Å². The second-order valence-electron chi connectivity index (χ2n) is 9.02. The highest BCUT2D eigenvalue weighted by atomic mass is 16.5. The largest absolute Gasteiger partial charge is 0.507 e. The lowest BCUT2D eigenvalue weighted by Gasteiger charge is -2.18. The van der Waals surface area contributed by atoms with Crippen LogP contribution in [0.1, 0.15) is 64.9 Å². The Morgan fingerprint density at radius 3 is 2.45 bits per heavy atom. The number of phenols is 1. The molecule has 0 amide bonds. The van der Waals surface area contributed by atoms with Crippen molar-refractivity contribution in [2.75, 3.05) is 7.11 Å². The molecule has 3 aromatic rings. The molecule has 2 aromatic carbocycles. The van der Waals surface area contributed by atoms with E-state index < -0.39 is 5.97 Å². The fraction of sp³-hybridized carbons (Fsp3) is 0.360. The van der Waals surface area contributed by atoms with Gasteiger partial charge in [-0.05, 0) is 43.0 Å². The molecule has 0 aliphatic heterocycles. The molecular formula is C25H28N2O6. The van der Waals surface area contributed by atoms with Crippen molar-refractivity contribution in [1.29, 1.82) is 0 Å². The number of ketones is 1. The van der Waals surface area contributed by atoms with Crippen LogP contribution in [0.3, 0.4) is 0 Å². The molecule has 1 aromatic heterocycles. The Morgan fingerprint density at radius 2 is 1.79 bits per heavy atom. The summed E-state index contributed by atoms with van der Waals surface area (Å²) in [5, 5.41) is 14.5. The standard InChI is InChI=1S/C25H28N2O6/c1-14-16(8-7-9-17(14)24(30)31-6)23-26-21(33-27-23)13-32-20-11-10-18(22(29)15(20)2)19(28)12-25(3,4)5/h7-11,29H,12-13H2,1-6H3. The van der Waals surface area contributed by atoms with Crippen molar-refractivity contribution in [2.24, 2.45) is 5.41 Å². The third-order valence-corrected chi connectivity index (χ3v) is 5.17. The Hall–Kier alpha value is -3.68. The van der Waals surface area contributed by atoms with Crippen LogP contribution in [0.2, 0.25) is 0 Å². The van der Waals surface area contributed by atoms with Crippen molar-refractivity contribution in [1.82, 2.24) is 10.1 Å². The minimum Gasteiger partial charge on any atom is -0.507 e. The molecule has 0 unspecified atom stereocenters. The molecule has 1 heterocycles. The average Bonchev–Trinajstić information content (AvgIpc) is 3.21. The van der Waals surface area contributed by atoms with Gasteiger partial charge in [-0.25, -0.2) is 4.79 Å². The molecule has 174 valence electrons. The quantitative estimate of drug-likeness (QED) is 0.392. The number of aromatic nitrogens is 2. The van der Waals surface area contributed by atoms with Crippen molar-refractivity contribution < 1.29 is 28.7 Å². The monoisotopic (exact) mass is 452 g/mol. The Kier molecular flexibility index (Phi) is 6.86. The molecule has 0 atom stereocenters. The molecule has 0 spiro atoms. The van der Waals surface area contributed by atoms with Crippen LogP contribution in [0.25, 0.3) is 11.4 Å². The van der Waals surface area contributed by atoms with Gasteiger partial charge >= 0.3 is 5.97 Å². The van der Waals surface area contributed by atoms with Gasteiger partial charge in [0, 0.05) is 17.5 Å². The molecule has 8 nitrogen and oxygen atoms in total. The van der Waals surface area contributed by atoms with E-state index in [1.165, 1.54) is 7.11 Å². The van der Waals surface area contributed by atoms with Crippen molar-refractivity contribution >= 4 is 11.8 Å². The number of rotatable bonds is 7. The van der Waals surface area contributed by atoms with Crippen LogP contribution in [0.5, 0.6) is 11.5 Å². The predicted octanol–water partition coefficient (Wildman–Crippen LogP) is 5.04. The Labute approximate surface area is 192 Å². The lowest BCUT2D eigenvalue weighted by atomic mass is 9.87. The summed E-state index contributed by atoms with van der Waals surface area (Å²) >= 11 is 0. The fourth-order valence-electron chi connectivity index (χ4n) is 3.41. The van der Waals surface area contributed by atoms with Gasteiger partial charge in [0.15, 0.2) is 12.4 Å². The summed E-state index contributed by atoms with van der Waals surface area (Å²) < 4.78 is 15.9. The minimum atomic E-state index is -0.443. The summed E-state index contributed by atoms with van der Waals surface area (Å²) in [6.45, 7) is 9.34. The number of Topliss-reactive ketones (excluding diaryl/α,β-unsaturated/α-hetero) is 1. The maximum atomic E-state index is 12.5. The van der Waals surface area contributed by atoms with Crippen LogP contribution in [0.15, 0.2) is 34.9 Å². The van der Waals surface area contributed by atoms with Gasteiger partial charge in [0.05, 0.1) is 18.2 Å². The van der Waals surface area contributed by atoms with Crippen molar-refractivity contribution in [3.63, 3.8) is 0 Å². The van der Waals surface area contributed by atoms with Crippen LogP contribution in [0, 0.1) is 19.3 Å². The van der Waals surface area contributed by atoms with Crippen LogP contribution >= 0.6 is 0 Å². The SMILES string of the molecule is COC(=O)c1cccc(-c2noc(COc3ccc(C(=O)CC(C)(C)C)c(O)c3C)n2)c1C. The van der Waals surface area contributed by atoms with Gasteiger partial charge in [-0.1, -0.05) is 38.1 Å². The zero-order chi connectivity index (χ0) is 24.3. The number of hydrogen-bond acceptors (Lipinski definition) is 8. The maximum Gasteiger partial charge on any atom is 0.338 e. The fourth-order valence-corrected chi connectivity index (χ4v) is 3.41. The van der Waals surface area contributed by atoms with Crippen molar-refractivity contribution in [3.05, 3.63) is 58.5 Å². The lowest BCUT2D eigenvalue weighted by molar-refractivity contribution is 0.0599. The topological polar surface area (TPSA) is 112 Å². The summed E-state index contributed by atoms with van der Waals surface area (Å²) in [5.41, 5.74) is 2.28. The van der Waals surface area contributed by atoms with Gasteiger partial charge in [-0.15, -0.1) is 0 Å². The van der Waals surface area contributed by atoms with Gasteiger partial charge < -0.3 is 19.1 Å². The van der Waals surface area contributed by atoms with Crippen LogP contribution < -0.4 is 4.74 Å². The number of hydrogen-bond donors (Lipinski definition) is 1. The first-order chi connectivity index (χ1) is 15.5. The lowest BCUT2D eigenvalue weighted by Crippen LogP contribution is -2.13. The number of nitrogens with zero attached hydrogens (tertiary/aromatic N) is 2. The second-order valence-corrected chi connectivity index (χ2v) is 9.02. The number of esters is 1. The first-order valence-electron chi connectivity index (χ1n) is 10.5. The van der Waals surface area contributed by atoms with Crippen molar-refractivity contribution in [2.45, 2.75) is 47.6 Å². The highest BCUT2D eigenvalue weighted by Gasteiger charge is 2.22. The Morgan fingerprint density at radius 1 is 1.06 bits per heavy atom. The second kappa shape index (κ2) is 9.44. The molecule has 0 bridgehead atoms. The molecule has 0 radical (unpaired) electrons. The molecule has 0 saturated carbocycles. The molecule has 0 fully saturated rings. The van der Waals surface area contributed by atoms with Gasteiger partial charge in [0.25, 0.3) is 5.89 Å². The summed E-state index contributed by atoms with van der Waals surface area (Å²) in [6.07, 6.45) is 0.321. The van der Waals surface area contributed by atoms with E-state index in [0.717, 1.165) is 0 Å². The zero-order valence-electron chi connectivity index (χ0n) is 19.7. The summed E-state index contributed by atoms with van der Waals surface area (Å²) in [4.78, 5) is 28.8. The van der Waals surface area contributed by atoms with E-state index in [1.54, 1.807) is 44.2 Å². The van der Waals surface area contributed by atoms with Gasteiger partial charge in [-0.3, -0.25) is 4.79 Å². The molecule has 0 aliphatic carbocycles. The molecule has 3 rings (SSSR count). The molecule has 33 heavy (non-hydrogen) atoms. The molecule has 1 N–H and O–H groups in total. The summed E-state index contributed by atoms with van der Waals surface area (Å²) in [7, 11) is 1.32. The van der Waals surface area contributed by atoms with E-state index in [4.69, 9.17) is 14.0 Å². The summed E-state index contributed by atoms with van der Waals surface area (Å²) in [6, 6.07) is 8.38. The van der Waals surface area contributed by atoms with Crippen LogP contribution in [-0.4, -0.2) is 34.1 Å². The first kappa shape index (κ1) is 24.0. The maximum absolute atomic E-state index is 12.5. The number of aromatic hydroxyl groups is 1. The third kappa shape index (κ3) is 5.39. The number of benzene rings is 2. The van der Waals surface area contributed by atoms with E-state index >= 15 is 0 Å².